The Kier molecular flexibility index (Phi) is 3.57. The van der Waals surface area contributed by atoms with Crippen molar-refractivity contribution in [1.82, 2.24) is 0 Å². The lowest BCUT2D eigenvalue weighted by molar-refractivity contribution is 0.0698. The SMILES string of the molecule is Nc1ccc(Nc2ccc(F)cc2Cl)c(C(=O)O)c1. The normalized spacial score (nSPS) is 10.2. The number of carbonyl (C=O) groups is 1. The molecule has 2 rings (SSSR count). The van der Waals surface area contributed by atoms with E-state index in [0.717, 1.165) is 6.07 Å². The molecule has 0 aromatic heterocycles. The first-order chi connectivity index (χ1) is 8.97. The molecule has 0 radical (unpaired) electrons. The van der Waals surface area contributed by atoms with Crippen LogP contribution in [0, 0.1) is 5.82 Å². The van der Waals surface area contributed by atoms with Gasteiger partial charge in [0.25, 0.3) is 0 Å². The number of carboxylic acids is 1. The smallest absolute Gasteiger partial charge is 0.337 e. The number of halogens is 2. The van der Waals surface area contributed by atoms with Crippen molar-refractivity contribution in [3.8, 4) is 0 Å². The molecule has 0 fully saturated rings. The van der Waals surface area contributed by atoms with Gasteiger partial charge in [0.15, 0.2) is 0 Å². The maximum Gasteiger partial charge on any atom is 0.337 e. The van der Waals surface area contributed by atoms with E-state index in [0.29, 0.717) is 17.1 Å². The Labute approximate surface area is 113 Å². The highest BCUT2D eigenvalue weighted by molar-refractivity contribution is 6.33. The molecule has 0 spiro atoms. The van der Waals surface area contributed by atoms with Crippen molar-refractivity contribution in [2.24, 2.45) is 0 Å². The number of nitrogen functional groups attached to an aromatic ring is 1. The van der Waals surface area contributed by atoms with Gasteiger partial charge in [0.05, 0.1) is 22.0 Å². The second kappa shape index (κ2) is 5.16. The highest BCUT2D eigenvalue weighted by Gasteiger charge is 2.12. The lowest BCUT2D eigenvalue weighted by Crippen LogP contribution is -2.04. The fourth-order valence-electron chi connectivity index (χ4n) is 1.58. The van der Waals surface area contributed by atoms with Crippen LogP contribution in [0.25, 0.3) is 0 Å². The highest BCUT2D eigenvalue weighted by atomic mass is 35.5. The van der Waals surface area contributed by atoms with Crippen molar-refractivity contribution >= 4 is 34.6 Å². The number of nitrogens with one attached hydrogen (secondary N) is 1. The van der Waals surface area contributed by atoms with Gasteiger partial charge in [-0.2, -0.15) is 0 Å². The second-order valence-corrected chi connectivity index (χ2v) is 4.27. The third kappa shape index (κ3) is 2.95. The number of hydrogen-bond acceptors (Lipinski definition) is 3. The summed E-state index contributed by atoms with van der Waals surface area (Å²) in [5, 5.41) is 12.1. The van der Waals surface area contributed by atoms with Crippen molar-refractivity contribution in [1.29, 1.82) is 0 Å². The average Bonchev–Trinajstić information content (AvgIpc) is 2.34. The Hall–Kier alpha value is -2.27. The summed E-state index contributed by atoms with van der Waals surface area (Å²) in [6.45, 7) is 0. The van der Waals surface area contributed by atoms with Crippen LogP contribution in [0.3, 0.4) is 0 Å². The molecule has 2 aromatic rings. The number of rotatable bonds is 3. The molecule has 0 unspecified atom stereocenters. The molecule has 4 N–H and O–H groups in total. The van der Waals surface area contributed by atoms with E-state index in [2.05, 4.69) is 5.32 Å². The molecule has 0 atom stereocenters. The summed E-state index contributed by atoms with van der Waals surface area (Å²) in [4.78, 5) is 11.1. The Morgan fingerprint density at radius 3 is 2.53 bits per heavy atom. The molecule has 0 bridgehead atoms. The number of aromatic carboxylic acids is 1. The molecule has 0 heterocycles. The topological polar surface area (TPSA) is 75.3 Å². The largest absolute Gasteiger partial charge is 0.478 e. The maximum absolute atomic E-state index is 12.9. The first kappa shape index (κ1) is 13.2. The standard InChI is InChI=1S/C13H10ClFN2O2/c14-10-5-7(15)1-3-12(10)17-11-4-2-8(16)6-9(11)13(18)19/h1-6,17H,16H2,(H,18,19). The molecular weight excluding hydrogens is 271 g/mol. The van der Waals surface area contributed by atoms with Crippen LogP contribution in [0.4, 0.5) is 21.5 Å². The summed E-state index contributed by atoms with van der Waals surface area (Å²) in [6, 6.07) is 8.22. The zero-order valence-corrected chi connectivity index (χ0v) is 10.4. The lowest BCUT2D eigenvalue weighted by atomic mass is 10.1. The molecular formula is C13H10ClFN2O2. The van der Waals surface area contributed by atoms with E-state index in [1.165, 1.54) is 24.3 Å². The summed E-state index contributed by atoms with van der Waals surface area (Å²) < 4.78 is 12.9. The third-order valence-electron chi connectivity index (χ3n) is 2.47. The van der Waals surface area contributed by atoms with E-state index >= 15 is 0 Å². The minimum absolute atomic E-state index is 0.0143. The van der Waals surface area contributed by atoms with E-state index in [4.69, 9.17) is 22.4 Å². The Balaban J connectivity index is 2.40. The molecule has 0 amide bonds. The monoisotopic (exact) mass is 280 g/mol. The minimum Gasteiger partial charge on any atom is -0.478 e. The van der Waals surface area contributed by atoms with Crippen molar-refractivity contribution in [2.75, 3.05) is 11.1 Å². The van der Waals surface area contributed by atoms with E-state index in [9.17, 15) is 9.18 Å². The van der Waals surface area contributed by atoms with Crippen LogP contribution < -0.4 is 11.1 Å². The van der Waals surface area contributed by atoms with E-state index in [1.54, 1.807) is 6.07 Å². The van der Waals surface area contributed by atoms with Crippen molar-refractivity contribution in [2.45, 2.75) is 0 Å². The summed E-state index contributed by atoms with van der Waals surface area (Å²) in [5.41, 5.74) is 6.64. The van der Waals surface area contributed by atoms with Gasteiger partial charge >= 0.3 is 5.97 Å². The number of carboxylic acid groups (broad SMARTS) is 1. The molecule has 4 nitrogen and oxygen atoms in total. The fourth-order valence-corrected chi connectivity index (χ4v) is 1.80. The van der Waals surface area contributed by atoms with Crippen LogP contribution in [-0.2, 0) is 0 Å². The van der Waals surface area contributed by atoms with Gasteiger partial charge in [0.1, 0.15) is 5.82 Å². The van der Waals surface area contributed by atoms with Gasteiger partial charge in [-0.25, -0.2) is 9.18 Å². The molecule has 19 heavy (non-hydrogen) atoms. The highest BCUT2D eigenvalue weighted by Crippen LogP contribution is 2.28. The van der Waals surface area contributed by atoms with Gasteiger partial charge in [-0.3, -0.25) is 0 Å². The number of hydrogen-bond donors (Lipinski definition) is 3. The van der Waals surface area contributed by atoms with Crippen molar-refractivity contribution < 1.29 is 14.3 Å². The molecule has 0 aliphatic rings. The summed E-state index contributed by atoms with van der Waals surface area (Å²) >= 11 is 5.87. The van der Waals surface area contributed by atoms with Crippen LogP contribution in [0.5, 0.6) is 0 Å². The van der Waals surface area contributed by atoms with E-state index < -0.39 is 11.8 Å². The fraction of sp³-hybridized carbons (Fsp3) is 0. The molecule has 0 aliphatic carbocycles. The van der Waals surface area contributed by atoms with Crippen LogP contribution in [-0.4, -0.2) is 11.1 Å². The van der Waals surface area contributed by atoms with Gasteiger partial charge in [0, 0.05) is 5.69 Å². The van der Waals surface area contributed by atoms with E-state index in [1.807, 2.05) is 0 Å². The number of nitrogens with two attached hydrogens (primary N) is 1. The number of anilines is 3. The lowest BCUT2D eigenvalue weighted by Gasteiger charge is -2.11. The zero-order chi connectivity index (χ0) is 14.0. The predicted octanol–water partition coefficient (Wildman–Crippen LogP) is 3.50. The van der Waals surface area contributed by atoms with Crippen LogP contribution in [0.2, 0.25) is 5.02 Å². The second-order valence-electron chi connectivity index (χ2n) is 3.86. The third-order valence-corrected chi connectivity index (χ3v) is 2.79. The van der Waals surface area contributed by atoms with Gasteiger partial charge < -0.3 is 16.2 Å². The van der Waals surface area contributed by atoms with Gasteiger partial charge in [0.2, 0.25) is 0 Å². The summed E-state index contributed by atoms with van der Waals surface area (Å²) in [7, 11) is 0. The first-order valence-electron chi connectivity index (χ1n) is 5.32. The average molecular weight is 281 g/mol. The van der Waals surface area contributed by atoms with E-state index in [-0.39, 0.29) is 10.6 Å². The van der Waals surface area contributed by atoms with Crippen molar-refractivity contribution in [3.05, 3.63) is 52.8 Å². The van der Waals surface area contributed by atoms with Crippen LogP contribution in [0.15, 0.2) is 36.4 Å². The Bertz CT molecular complexity index is 647. The first-order valence-corrected chi connectivity index (χ1v) is 5.70. The minimum atomic E-state index is -1.12. The van der Waals surface area contributed by atoms with Gasteiger partial charge in [-0.15, -0.1) is 0 Å². The zero-order valence-electron chi connectivity index (χ0n) is 9.65. The van der Waals surface area contributed by atoms with Crippen molar-refractivity contribution in [3.63, 3.8) is 0 Å². The molecule has 2 aromatic carbocycles. The molecule has 0 saturated heterocycles. The van der Waals surface area contributed by atoms with Gasteiger partial charge in [-0.05, 0) is 36.4 Å². The predicted molar refractivity (Wildman–Crippen MR) is 72.5 cm³/mol. The van der Waals surface area contributed by atoms with Gasteiger partial charge in [-0.1, -0.05) is 11.6 Å². The Morgan fingerprint density at radius 2 is 1.89 bits per heavy atom. The van der Waals surface area contributed by atoms with Crippen LogP contribution in [0.1, 0.15) is 10.4 Å². The summed E-state index contributed by atoms with van der Waals surface area (Å²) in [5.74, 6) is -1.58. The molecule has 98 valence electrons. The Morgan fingerprint density at radius 1 is 1.21 bits per heavy atom. The quantitative estimate of drug-likeness (QED) is 0.752. The molecule has 0 saturated carbocycles. The molecule has 0 aliphatic heterocycles. The maximum atomic E-state index is 12.9. The summed E-state index contributed by atoms with van der Waals surface area (Å²) in [6.07, 6.45) is 0. The molecule has 6 heteroatoms. The van der Waals surface area contributed by atoms with Crippen LogP contribution >= 0.6 is 11.6 Å². The number of benzene rings is 2.